The number of hydrogen-bond donors (Lipinski definition) is 1. The molecule has 1 aliphatic rings. The number of rotatable bonds is 11. The molecule has 0 saturated carbocycles. The molecule has 5 nitrogen and oxygen atoms in total. The number of aromatic nitrogens is 1. The Morgan fingerprint density at radius 1 is 1.26 bits per heavy atom. The van der Waals surface area contributed by atoms with Gasteiger partial charge in [-0.25, -0.2) is 0 Å². The Morgan fingerprint density at radius 3 is 2.54 bits per heavy atom. The predicted octanol–water partition coefficient (Wildman–Crippen LogP) is 7.79. The number of nitriles is 1. The van der Waals surface area contributed by atoms with Crippen LogP contribution in [0.25, 0.3) is 16.5 Å². The molecule has 2 heterocycles. The number of nitrogens with one attached hydrogen (secondary N) is 1. The van der Waals surface area contributed by atoms with Crippen LogP contribution in [-0.4, -0.2) is 53.9 Å². The van der Waals surface area contributed by atoms with E-state index in [2.05, 4.69) is 83.4 Å². The van der Waals surface area contributed by atoms with Gasteiger partial charge in [0.05, 0.1) is 18.3 Å². The van der Waals surface area contributed by atoms with Crippen molar-refractivity contribution >= 4 is 22.4 Å². The molecule has 1 unspecified atom stereocenters. The van der Waals surface area contributed by atoms with Crippen LogP contribution in [0, 0.1) is 17.2 Å². The van der Waals surface area contributed by atoms with Gasteiger partial charge in [-0.1, -0.05) is 58.1 Å². The number of allylic oxidation sites excluding steroid dienone is 5. The third-order valence-corrected chi connectivity index (χ3v) is 8.53. The van der Waals surface area contributed by atoms with Crippen molar-refractivity contribution in [2.24, 2.45) is 5.92 Å². The molecule has 1 amide bonds. The molecule has 0 aliphatic carbocycles. The lowest BCUT2D eigenvalue weighted by molar-refractivity contribution is -0.133. The molecule has 0 spiro atoms. The van der Waals surface area contributed by atoms with Gasteiger partial charge in [0.25, 0.3) is 0 Å². The van der Waals surface area contributed by atoms with E-state index in [9.17, 15) is 4.79 Å². The molecule has 39 heavy (non-hydrogen) atoms. The van der Waals surface area contributed by atoms with E-state index in [-0.39, 0.29) is 5.91 Å². The highest BCUT2D eigenvalue weighted by molar-refractivity contribution is 5.93. The zero-order chi connectivity index (χ0) is 28.7. The second-order valence-electron chi connectivity index (χ2n) is 11.7. The Morgan fingerprint density at radius 2 is 1.95 bits per heavy atom. The number of piperidine rings is 1. The summed E-state index contributed by atoms with van der Waals surface area (Å²) in [6.45, 7) is 20.2. The van der Waals surface area contributed by atoms with Crippen molar-refractivity contribution in [3.8, 4) is 6.07 Å². The topological polar surface area (TPSA) is 63.1 Å². The van der Waals surface area contributed by atoms with Crippen LogP contribution in [0.5, 0.6) is 0 Å². The summed E-state index contributed by atoms with van der Waals surface area (Å²) in [5.74, 6) is 1.52. The number of carbonyl (C=O) groups excluding carboxylic acids is 1. The number of carbonyl (C=O) groups is 1. The van der Waals surface area contributed by atoms with Crippen LogP contribution in [0.3, 0.4) is 0 Å². The molecule has 3 rings (SSSR count). The third kappa shape index (κ3) is 7.31. The van der Waals surface area contributed by atoms with Gasteiger partial charge in [-0.05, 0) is 86.7 Å². The Labute approximate surface area is 236 Å². The molecule has 0 radical (unpaired) electrons. The zero-order valence-corrected chi connectivity index (χ0v) is 25.2. The number of likely N-dealkylation sites (N-methyl/N-ethyl adjacent to an activating group) is 1. The number of hydrogen-bond acceptors (Lipinski definition) is 3. The highest BCUT2D eigenvalue weighted by Crippen LogP contribution is 2.38. The fourth-order valence-electron chi connectivity index (χ4n) is 5.59. The zero-order valence-electron chi connectivity index (χ0n) is 25.2. The Bertz CT molecular complexity index is 1260. The minimum atomic E-state index is 0.166. The van der Waals surface area contributed by atoms with E-state index in [1.54, 1.807) is 0 Å². The molecular formula is C34H48N4O. The van der Waals surface area contributed by atoms with Crippen LogP contribution < -0.4 is 0 Å². The normalized spacial score (nSPS) is 16.5. The van der Waals surface area contributed by atoms with Gasteiger partial charge in [0.2, 0.25) is 5.91 Å². The van der Waals surface area contributed by atoms with E-state index in [1.807, 2.05) is 22.9 Å². The lowest BCUT2D eigenvalue weighted by Gasteiger charge is -2.33. The lowest BCUT2D eigenvalue weighted by atomic mass is 9.87. The lowest BCUT2D eigenvalue weighted by Crippen LogP contribution is -2.43. The SMILES string of the molecule is C=C/C(C)=C(\C=C(\C)C(C)CC)c1[nH]c2ccc(C3CCN(C(=O)CN(C)CCC#N)CC3)cc2c1C(C)C. The van der Waals surface area contributed by atoms with Crippen molar-refractivity contribution in [2.45, 2.75) is 79.1 Å². The van der Waals surface area contributed by atoms with Gasteiger partial charge in [-0.3, -0.25) is 9.69 Å². The number of amides is 1. The van der Waals surface area contributed by atoms with Gasteiger partial charge < -0.3 is 9.88 Å². The van der Waals surface area contributed by atoms with Gasteiger partial charge in [0.1, 0.15) is 0 Å². The van der Waals surface area contributed by atoms with Crippen molar-refractivity contribution in [1.82, 2.24) is 14.8 Å². The Balaban J connectivity index is 1.88. The number of benzene rings is 1. The molecule has 1 aliphatic heterocycles. The maximum Gasteiger partial charge on any atom is 0.236 e. The molecule has 1 aromatic carbocycles. The highest BCUT2D eigenvalue weighted by atomic mass is 16.2. The quantitative estimate of drug-likeness (QED) is 0.303. The molecule has 1 fully saturated rings. The molecule has 1 aromatic heterocycles. The average Bonchev–Trinajstić information content (AvgIpc) is 3.32. The van der Waals surface area contributed by atoms with E-state index >= 15 is 0 Å². The van der Waals surface area contributed by atoms with Crippen molar-refractivity contribution in [2.75, 3.05) is 33.2 Å². The molecular weight excluding hydrogens is 480 g/mol. The van der Waals surface area contributed by atoms with Gasteiger partial charge in [0, 0.05) is 42.5 Å². The smallest absolute Gasteiger partial charge is 0.236 e. The van der Waals surface area contributed by atoms with E-state index in [1.165, 1.54) is 44.4 Å². The summed E-state index contributed by atoms with van der Waals surface area (Å²) in [4.78, 5) is 20.5. The van der Waals surface area contributed by atoms with Gasteiger partial charge in [-0.2, -0.15) is 5.26 Å². The molecule has 2 aromatic rings. The van der Waals surface area contributed by atoms with Gasteiger partial charge in [-0.15, -0.1) is 0 Å². The summed E-state index contributed by atoms with van der Waals surface area (Å²) in [7, 11) is 1.91. The molecule has 210 valence electrons. The first kappa shape index (κ1) is 30.4. The molecule has 1 atom stereocenters. The van der Waals surface area contributed by atoms with Crippen LogP contribution >= 0.6 is 0 Å². The standard InChI is InChI=1S/C34H48N4O/c1-9-24(5)26(7)20-29(25(6)10-2)34-33(23(3)4)30-21-28(12-13-31(30)36-34)27-14-18-38(19-15-27)32(39)22-37(8)17-11-16-35/h10,12-13,20-21,23-24,27,36H,2,9,11,14-15,17-19,22H2,1,3-8H3/b26-20-,29-25+. The Kier molecular flexibility index (Phi) is 10.8. The minimum absolute atomic E-state index is 0.166. The average molecular weight is 529 g/mol. The second-order valence-corrected chi connectivity index (χ2v) is 11.7. The minimum Gasteiger partial charge on any atom is -0.354 e. The molecule has 1 saturated heterocycles. The summed E-state index contributed by atoms with van der Waals surface area (Å²) in [5.41, 5.74) is 8.92. The van der Waals surface area contributed by atoms with Crippen LogP contribution in [0.1, 0.15) is 95.9 Å². The van der Waals surface area contributed by atoms with E-state index < -0.39 is 0 Å². The first-order chi connectivity index (χ1) is 18.6. The van der Waals surface area contributed by atoms with E-state index in [4.69, 9.17) is 5.26 Å². The van der Waals surface area contributed by atoms with Gasteiger partial charge in [0.15, 0.2) is 0 Å². The maximum atomic E-state index is 12.8. The van der Waals surface area contributed by atoms with E-state index in [0.717, 1.165) is 32.4 Å². The first-order valence-electron chi connectivity index (χ1n) is 14.6. The number of nitrogens with zero attached hydrogens (tertiary/aromatic N) is 3. The number of aromatic amines is 1. The van der Waals surface area contributed by atoms with Crippen LogP contribution in [0.4, 0.5) is 0 Å². The largest absolute Gasteiger partial charge is 0.354 e. The molecule has 5 heteroatoms. The second kappa shape index (κ2) is 13.8. The van der Waals surface area contributed by atoms with Crippen LogP contribution in [-0.2, 0) is 4.79 Å². The van der Waals surface area contributed by atoms with Crippen LogP contribution in [0.15, 0.2) is 48.1 Å². The van der Waals surface area contributed by atoms with Crippen molar-refractivity contribution in [1.29, 1.82) is 5.26 Å². The number of fused-ring (bicyclic) bond motifs is 1. The van der Waals surface area contributed by atoms with Crippen LogP contribution in [0.2, 0.25) is 0 Å². The van der Waals surface area contributed by atoms with E-state index in [0.29, 0.717) is 37.3 Å². The fourth-order valence-corrected chi connectivity index (χ4v) is 5.59. The van der Waals surface area contributed by atoms with Gasteiger partial charge >= 0.3 is 0 Å². The molecule has 1 N–H and O–H groups in total. The maximum absolute atomic E-state index is 12.8. The van der Waals surface area contributed by atoms with Crippen molar-refractivity contribution in [3.05, 3.63) is 64.9 Å². The number of likely N-dealkylation sites (tertiary alicyclic amines) is 1. The van der Waals surface area contributed by atoms with Crippen molar-refractivity contribution in [3.63, 3.8) is 0 Å². The summed E-state index contributed by atoms with van der Waals surface area (Å²) in [5, 5.41) is 10.1. The third-order valence-electron chi connectivity index (χ3n) is 8.53. The number of H-pyrrole nitrogens is 1. The summed E-state index contributed by atoms with van der Waals surface area (Å²) in [6, 6.07) is 9.06. The monoisotopic (exact) mass is 528 g/mol. The summed E-state index contributed by atoms with van der Waals surface area (Å²) < 4.78 is 0. The fraction of sp³-hybridized carbons (Fsp3) is 0.529. The van der Waals surface area contributed by atoms with Crippen molar-refractivity contribution < 1.29 is 4.79 Å². The summed E-state index contributed by atoms with van der Waals surface area (Å²) in [6.07, 6.45) is 7.85. The summed E-state index contributed by atoms with van der Waals surface area (Å²) >= 11 is 0. The highest BCUT2D eigenvalue weighted by Gasteiger charge is 2.26. The first-order valence-corrected chi connectivity index (χ1v) is 14.6. The molecule has 0 bridgehead atoms. The Hall–Kier alpha value is -3.10. The predicted molar refractivity (Wildman–Crippen MR) is 165 cm³/mol.